The Morgan fingerprint density at radius 1 is 1.11 bits per heavy atom. The second-order valence-electron chi connectivity index (χ2n) is 6.78. The number of pyridine rings is 2. The number of benzene rings is 1. The second-order valence-corrected chi connectivity index (χ2v) is 7.96. The summed E-state index contributed by atoms with van der Waals surface area (Å²) in [5, 5.41) is 8.60. The van der Waals surface area contributed by atoms with E-state index in [1.807, 2.05) is 37.3 Å². The molecule has 2 N–H and O–H groups in total. The summed E-state index contributed by atoms with van der Waals surface area (Å²) >= 11 is 12.2. The molecule has 150 valence electrons. The Kier molecular flexibility index (Phi) is 7.54. The van der Waals surface area contributed by atoms with Crippen molar-refractivity contribution in [1.82, 2.24) is 15.3 Å². The third-order valence-corrected chi connectivity index (χ3v) is 4.72. The Labute approximate surface area is 175 Å². The molecule has 1 atom stereocenters. The smallest absolute Gasteiger partial charge is 0.213 e. The van der Waals surface area contributed by atoms with Crippen LogP contribution in [0.15, 0.2) is 30.3 Å². The molecule has 0 radical (unpaired) electrons. The molecule has 0 amide bonds. The molecular weight excluding hydrogens is 395 g/mol. The van der Waals surface area contributed by atoms with E-state index in [0.29, 0.717) is 17.5 Å². The Bertz CT molecular complexity index is 933. The molecule has 28 heavy (non-hydrogen) atoms. The predicted molar refractivity (Wildman–Crippen MR) is 119 cm³/mol. The van der Waals surface area contributed by atoms with Gasteiger partial charge < -0.3 is 15.4 Å². The molecule has 0 spiro atoms. The molecular formula is C21H26Cl2N4O. The van der Waals surface area contributed by atoms with Crippen LogP contribution in [-0.4, -0.2) is 41.6 Å². The number of ether oxygens (including phenoxy) is 1. The topological polar surface area (TPSA) is 59.1 Å². The van der Waals surface area contributed by atoms with Crippen molar-refractivity contribution in [1.29, 1.82) is 0 Å². The molecule has 2 heterocycles. The zero-order chi connectivity index (χ0) is 19.9. The molecule has 7 heteroatoms. The van der Waals surface area contributed by atoms with Crippen molar-refractivity contribution in [3.05, 3.63) is 35.4 Å². The van der Waals surface area contributed by atoms with E-state index in [4.69, 9.17) is 37.9 Å². The molecule has 1 unspecified atom stereocenters. The summed E-state index contributed by atoms with van der Waals surface area (Å²) in [4.78, 5) is 9.45. The van der Waals surface area contributed by atoms with Gasteiger partial charge in [-0.2, -0.15) is 0 Å². The van der Waals surface area contributed by atoms with E-state index in [-0.39, 0.29) is 5.38 Å². The second kappa shape index (κ2) is 10.1. The Balaban J connectivity index is 1.92. The lowest BCUT2D eigenvalue weighted by Gasteiger charge is -2.14. The molecule has 3 rings (SSSR count). The van der Waals surface area contributed by atoms with Gasteiger partial charge in [-0.1, -0.05) is 24.9 Å². The summed E-state index contributed by atoms with van der Waals surface area (Å²) < 4.78 is 5.80. The number of anilines is 1. The summed E-state index contributed by atoms with van der Waals surface area (Å²) in [5.41, 5.74) is 3.39. The normalized spacial score (nSPS) is 12.4. The standard InChI is InChI=1S/C21H26Cl2N4O/c1-3-4-11-28-19-8-7-17-21(27-19)20(25-10-9-24-13-14(2)22)16-6-5-15(23)12-18(16)26-17/h5-8,12,14,24H,3-4,9-11,13H2,1-2H3,(H,25,26). The molecule has 0 bridgehead atoms. The monoisotopic (exact) mass is 420 g/mol. The summed E-state index contributed by atoms with van der Waals surface area (Å²) in [6, 6.07) is 9.54. The molecule has 0 fully saturated rings. The molecule has 0 saturated heterocycles. The van der Waals surface area contributed by atoms with Gasteiger partial charge in [0.15, 0.2) is 0 Å². The van der Waals surface area contributed by atoms with Gasteiger partial charge in [-0.15, -0.1) is 11.6 Å². The molecule has 0 saturated carbocycles. The number of hydrogen-bond acceptors (Lipinski definition) is 5. The van der Waals surface area contributed by atoms with E-state index in [9.17, 15) is 0 Å². The van der Waals surface area contributed by atoms with Crippen LogP contribution in [0, 0.1) is 0 Å². The third-order valence-electron chi connectivity index (χ3n) is 4.33. The fourth-order valence-electron chi connectivity index (χ4n) is 2.93. The maximum absolute atomic E-state index is 6.18. The van der Waals surface area contributed by atoms with E-state index in [1.165, 1.54) is 0 Å². The summed E-state index contributed by atoms with van der Waals surface area (Å²) in [7, 11) is 0. The van der Waals surface area contributed by atoms with Crippen LogP contribution < -0.4 is 15.4 Å². The first-order valence-electron chi connectivity index (χ1n) is 9.70. The number of alkyl halides is 1. The van der Waals surface area contributed by atoms with Crippen molar-refractivity contribution >= 4 is 50.8 Å². The van der Waals surface area contributed by atoms with Crippen molar-refractivity contribution < 1.29 is 4.74 Å². The number of halogens is 2. The Morgan fingerprint density at radius 3 is 2.75 bits per heavy atom. The maximum atomic E-state index is 6.18. The number of rotatable bonds is 10. The van der Waals surface area contributed by atoms with Crippen molar-refractivity contribution in [2.24, 2.45) is 0 Å². The highest BCUT2D eigenvalue weighted by atomic mass is 35.5. The first kappa shape index (κ1) is 20.9. The van der Waals surface area contributed by atoms with Crippen LogP contribution in [-0.2, 0) is 0 Å². The van der Waals surface area contributed by atoms with Crippen LogP contribution in [0.3, 0.4) is 0 Å². The largest absolute Gasteiger partial charge is 0.478 e. The van der Waals surface area contributed by atoms with E-state index in [2.05, 4.69) is 17.6 Å². The molecule has 3 aromatic rings. The third kappa shape index (κ3) is 5.37. The number of unbranched alkanes of at least 4 members (excludes halogenated alkanes) is 1. The van der Waals surface area contributed by atoms with Crippen molar-refractivity contribution in [3.63, 3.8) is 0 Å². The molecule has 2 aromatic heterocycles. The van der Waals surface area contributed by atoms with Gasteiger partial charge in [0.05, 0.1) is 23.3 Å². The summed E-state index contributed by atoms with van der Waals surface area (Å²) in [6.07, 6.45) is 2.09. The Morgan fingerprint density at radius 2 is 1.96 bits per heavy atom. The van der Waals surface area contributed by atoms with Gasteiger partial charge in [0.2, 0.25) is 5.88 Å². The van der Waals surface area contributed by atoms with E-state index < -0.39 is 0 Å². The predicted octanol–water partition coefficient (Wildman–Crippen LogP) is 5.24. The number of hydrogen-bond donors (Lipinski definition) is 2. The molecule has 0 aliphatic heterocycles. The van der Waals surface area contributed by atoms with Crippen molar-refractivity contribution in [3.8, 4) is 5.88 Å². The molecule has 0 aliphatic carbocycles. The number of nitrogens with one attached hydrogen (secondary N) is 2. The number of aromatic nitrogens is 2. The summed E-state index contributed by atoms with van der Waals surface area (Å²) in [6.45, 7) is 7.07. The van der Waals surface area contributed by atoms with Crippen LogP contribution in [0.2, 0.25) is 5.02 Å². The first-order chi connectivity index (χ1) is 13.6. The quantitative estimate of drug-likeness (QED) is 0.266. The van der Waals surface area contributed by atoms with Gasteiger partial charge in [0.25, 0.3) is 0 Å². The van der Waals surface area contributed by atoms with Gasteiger partial charge in [-0.3, -0.25) is 0 Å². The highest BCUT2D eigenvalue weighted by Gasteiger charge is 2.12. The van der Waals surface area contributed by atoms with Crippen LogP contribution >= 0.6 is 23.2 Å². The van der Waals surface area contributed by atoms with Crippen molar-refractivity contribution in [2.45, 2.75) is 32.1 Å². The highest BCUT2D eigenvalue weighted by Crippen LogP contribution is 2.32. The van der Waals surface area contributed by atoms with Gasteiger partial charge >= 0.3 is 0 Å². The lowest BCUT2D eigenvalue weighted by Crippen LogP contribution is -2.27. The van der Waals surface area contributed by atoms with E-state index in [1.54, 1.807) is 0 Å². The zero-order valence-electron chi connectivity index (χ0n) is 16.3. The minimum absolute atomic E-state index is 0.106. The highest BCUT2D eigenvalue weighted by molar-refractivity contribution is 6.31. The number of fused-ring (bicyclic) bond motifs is 2. The fraction of sp³-hybridized carbons (Fsp3) is 0.429. The molecule has 1 aromatic carbocycles. The van der Waals surface area contributed by atoms with Gasteiger partial charge in [-0.05, 0) is 37.6 Å². The van der Waals surface area contributed by atoms with E-state index in [0.717, 1.165) is 60.1 Å². The van der Waals surface area contributed by atoms with E-state index >= 15 is 0 Å². The lowest BCUT2D eigenvalue weighted by molar-refractivity contribution is 0.299. The van der Waals surface area contributed by atoms with Crippen LogP contribution in [0.5, 0.6) is 5.88 Å². The zero-order valence-corrected chi connectivity index (χ0v) is 17.8. The molecule has 0 aliphatic rings. The average molecular weight is 421 g/mol. The van der Waals surface area contributed by atoms with Gasteiger partial charge in [0, 0.05) is 41.5 Å². The lowest BCUT2D eigenvalue weighted by atomic mass is 10.1. The maximum Gasteiger partial charge on any atom is 0.213 e. The summed E-state index contributed by atoms with van der Waals surface area (Å²) in [5.74, 6) is 0.619. The van der Waals surface area contributed by atoms with Crippen LogP contribution in [0.25, 0.3) is 21.9 Å². The van der Waals surface area contributed by atoms with Crippen molar-refractivity contribution in [2.75, 3.05) is 31.6 Å². The molecule has 5 nitrogen and oxygen atoms in total. The van der Waals surface area contributed by atoms with Crippen LogP contribution in [0.4, 0.5) is 5.69 Å². The van der Waals surface area contributed by atoms with Crippen LogP contribution in [0.1, 0.15) is 26.7 Å². The minimum atomic E-state index is 0.106. The van der Waals surface area contributed by atoms with Gasteiger partial charge in [-0.25, -0.2) is 9.97 Å². The minimum Gasteiger partial charge on any atom is -0.478 e. The van der Waals surface area contributed by atoms with Gasteiger partial charge in [0.1, 0.15) is 5.52 Å². The Hall–Kier alpha value is -1.82. The first-order valence-corrected chi connectivity index (χ1v) is 10.5. The SMILES string of the molecule is CCCCOc1ccc2nc3cc(Cl)ccc3c(NCCNCC(C)Cl)c2n1. The number of nitrogens with zero attached hydrogens (tertiary/aromatic N) is 2. The fourth-order valence-corrected chi connectivity index (χ4v) is 3.21. The average Bonchev–Trinajstić information content (AvgIpc) is 2.67.